The van der Waals surface area contributed by atoms with Gasteiger partial charge in [0.05, 0.1) is 22.0 Å². The third-order valence-corrected chi connectivity index (χ3v) is 5.39. The molecule has 0 radical (unpaired) electrons. The van der Waals surface area contributed by atoms with Crippen molar-refractivity contribution in [3.8, 4) is 0 Å². The van der Waals surface area contributed by atoms with Gasteiger partial charge in [0.15, 0.2) is 9.84 Å². The third kappa shape index (κ3) is 3.32. The number of nitrogens with zero attached hydrogens (tertiary/aromatic N) is 2. The van der Waals surface area contributed by atoms with E-state index in [-0.39, 0.29) is 23.6 Å². The summed E-state index contributed by atoms with van der Waals surface area (Å²) in [5, 5.41) is 11.0. The molecule has 1 atom stereocenters. The lowest BCUT2D eigenvalue weighted by atomic mass is 10.1. The van der Waals surface area contributed by atoms with Gasteiger partial charge in [0.1, 0.15) is 5.69 Å². The van der Waals surface area contributed by atoms with Crippen LogP contribution in [-0.4, -0.2) is 37.9 Å². The van der Waals surface area contributed by atoms with Crippen LogP contribution in [-0.2, 0) is 16.0 Å². The Morgan fingerprint density at radius 2 is 2.00 bits per heavy atom. The summed E-state index contributed by atoms with van der Waals surface area (Å²) in [7, 11) is -1.76. The van der Waals surface area contributed by atoms with Crippen LogP contribution in [0.1, 0.15) is 12.0 Å². The molecule has 10 heteroatoms. The lowest BCUT2D eigenvalue weighted by Crippen LogP contribution is -2.33. The summed E-state index contributed by atoms with van der Waals surface area (Å²) < 4.78 is 60.9. The summed E-state index contributed by atoms with van der Waals surface area (Å²) in [5.74, 6) is -0.196. The van der Waals surface area contributed by atoms with Crippen molar-refractivity contribution >= 4 is 21.2 Å². The number of rotatable bonds is 3. The first-order valence-electron chi connectivity index (χ1n) is 6.30. The van der Waals surface area contributed by atoms with E-state index in [0.29, 0.717) is 6.07 Å². The van der Waals surface area contributed by atoms with Crippen LogP contribution in [0, 0.1) is 10.1 Å². The second-order valence-electron chi connectivity index (χ2n) is 5.13. The number of alkyl halides is 3. The molecule has 0 unspecified atom stereocenters. The molecule has 0 aliphatic carbocycles. The normalized spacial score (nSPS) is 20.8. The Bertz CT molecular complexity index is 703. The van der Waals surface area contributed by atoms with Crippen molar-refractivity contribution in [3.05, 3.63) is 33.9 Å². The monoisotopic (exact) mass is 338 g/mol. The first kappa shape index (κ1) is 16.5. The first-order chi connectivity index (χ1) is 10.0. The zero-order valence-corrected chi connectivity index (χ0v) is 12.3. The lowest BCUT2D eigenvalue weighted by Gasteiger charge is -2.25. The first-order valence-corrected chi connectivity index (χ1v) is 8.12. The Kier molecular flexibility index (Phi) is 4.07. The highest BCUT2D eigenvalue weighted by atomic mass is 32.2. The number of hydrogen-bond acceptors (Lipinski definition) is 5. The molecule has 1 aliphatic heterocycles. The summed E-state index contributed by atoms with van der Waals surface area (Å²) in [6.07, 6.45) is -4.39. The Labute approximate surface area is 124 Å². The summed E-state index contributed by atoms with van der Waals surface area (Å²) in [4.78, 5) is 11.5. The second-order valence-corrected chi connectivity index (χ2v) is 7.35. The number of sulfone groups is 1. The minimum Gasteiger partial charge on any atom is -0.365 e. The molecule has 122 valence electrons. The zero-order valence-electron chi connectivity index (χ0n) is 11.5. The molecule has 0 amide bonds. The Morgan fingerprint density at radius 1 is 1.36 bits per heavy atom. The van der Waals surface area contributed by atoms with E-state index < -0.39 is 38.2 Å². The van der Waals surface area contributed by atoms with Crippen LogP contribution in [0.25, 0.3) is 0 Å². The summed E-state index contributed by atoms with van der Waals surface area (Å²) in [6, 6.07) is 1.74. The van der Waals surface area contributed by atoms with Crippen LogP contribution >= 0.6 is 0 Å². The molecule has 0 spiro atoms. The fourth-order valence-electron chi connectivity index (χ4n) is 2.42. The molecular formula is C12H13F3N2O4S. The van der Waals surface area contributed by atoms with Crippen molar-refractivity contribution in [2.45, 2.75) is 18.6 Å². The number of halogens is 3. The van der Waals surface area contributed by atoms with E-state index in [1.54, 1.807) is 0 Å². The van der Waals surface area contributed by atoms with E-state index in [9.17, 15) is 31.7 Å². The Balaban J connectivity index is 2.40. The van der Waals surface area contributed by atoms with Gasteiger partial charge in [-0.1, -0.05) is 0 Å². The van der Waals surface area contributed by atoms with Gasteiger partial charge in [-0.2, -0.15) is 13.2 Å². The van der Waals surface area contributed by atoms with E-state index >= 15 is 0 Å². The van der Waals surface area contributed by atoms with Gasteiger partial charge in [0, 0.05) is 19.2 Å². The molecule has 0 aromatic heterocycles. The molecule has 6 nitrogen and oxygen atoms in total. The largest absolute Gasteiger partial charge is 0.416 e. The van der Waals surface area contributed by atoms with Crippen molar-refractivity contribution in [2.75, 3.05) is 23.5 Å². The van der Waals surface area contributed by atoms with Gasteiger partial charge in [0.2, 0.25) is 0 Å². The minimum atomic E-state index is -4.68. The van der Waals surface area contributed by atoms with Crippen LogP contribution < -0.4 is 4.90 Å². The summed E-state index contributed by atoms with van der Waals surface area (Å²) in [6.45, 7) is 0. The maximum absolute atomic E-state index is 12.7. The highest BCUT2D eigenvalue weighted by Gasteiger charge is 2.36. The molecule has 22 heavy (non-hydrogen) atoms. The topological polar surface area (TPSA) is 80.5 Å². The number of nitro groups is 1. The van der Waals surface area contributed by atoms with Crippen molar-refractivity contribution in [3.63, 3.8) is 0 Å². The van der Waals surface area contributed by atoms with E-state index in [1.807, 2.05) is 0 Å². The highest BCUT2D eigenvalue weighted by Crippen LogP contribution is 2.37. The van der Waals surface area contributed by atoms with Gasteiger partial charge in [-0.05, 0) is 18.6 Å². The van der Waals surface area contributed by atoms with Crippen molar-refractivity contribution in [2.24, 2.45) is 0 Å². The van der Waals surface area contributed by atoms with Crippen LogP contribution in [0.3, 0.4) is 0 Å². The average Bonchev–Trinajstić information content (AvgIpc) is 2.76. The fraction of sp³-hybridized carbons (Fsp3) is 0.500. The molecule has 1 aromatic rings. The maximum Gasteiger partial charge on any atom is 0.416 e. The van der Waals surface area contributed by atoms with Gasteiger partial charge in [-0.3, -0.25) is 10.1 Å². The van der Waals surface area contributed by atoms with Crippen LogP contribution in [0.4, 0.5) is 24.5 Å². The summed E-state index contributed by atoms with van der Waals surface area (Å²) >= 11 is 0. The number of hydrogen-bond donors (Lipinski definition) is 0. The molecule has 0 bridgehead atoms. The number of anilines is 1. The quantitative estimate of drug-likeness (QED) is 0.624. The number of benzene rings is 1. The molecule has 2 rings (SSSR count). The zero-order chi connectivity index (χ0) is 16.7. The second kappa shape index (κ2) is 5.41. The van der Waals surface area contributed by atoms with Gasteiger partial charge >= 0.3 is 6.18 Å². The van der Waals surface area contributed by atoms with Crippen molar-refractivity contribution in [1.82, 2.24) is 0 Å². The minimum absolute atomic E-state index is 0.0277. The fourth-order valence-corrected chi connectivity index (χ4v) is 4.20. The SMILES string of the molecule is CN(c1ccc(C(F)(F)F)cc1[N+](=O)[O-])[C@H]1CCS(=O)(=O)C1. The standard InChI is InChI=1S/C12H13F3N2O4S/c1-16(9-4-5-22(20,21)7-9)10-3-2-8(12(13,14)15)6-11(10)17(18)19/h2-3,6,9H,4-5,7H2,1H3/t9-/m0/s1. The average molecular weight is 338 g/mol. The van der Waals surface area contributed by atoms with E-state index in [0.717, 1.165) is 12.1 Å². The molecule has 0 N–H and O–H groups in total. The maximum atomic E-state index is 12.7. The molecule has 1 aromatic carbocycles. The molecule has 1 aliphatic rings. The van der Waals surface area contributed by atoms with Crippen LogP contribution in [0.2, 0.25) is 0 Å². The van der Waals surface area contributed by atoms with Gasteiger partial charge < -0.3 is 4.90 Å². The highest BCUT2D eigenvalue weighted by molar-refractivity contribution is 7.91. The van der Waals surface area contributed by atoms with Crippen molar-refractivity contribution < 1.29 is 26.5 Å². The Hall–Kier alpha value is -1.84. The smallest absolute Gasteiger partial charge is 0.365 e. The molecule has 0 saturated carbocycles. The van der Waals surface area contributed by atoms with Gasteiger partial charge in [-0.25, -0.2) is 8.42 Å². The number of nitro benzene ring substituents is 1. The van der Waals surface area contributed by atoms with E-state index in [2.05, 4.69) is 0 Å². The lowest BCUT2D eigenvalue weighted by molar-refractivity contribution is -0.384. The molecular weight excluding hydrogens is 325 g/mol. The van der Waals surface area contributed by atoms with Crippen molar-refractivity contribution in [1.29, 1.82) is 0 Å². The predicted octanol–water partition coefficient (Wildman–Crippen LogP) is 2.24. The van der Waals surface area contributed by atoms with E-state index in [4.69, 9.17) is 0 Å². The molecule has 1 saturated heterocycles. The van der Waals surface area contributed by atoms with Gasteiger partial charge in [0.25, 0.3) is 5.69 Å². The van der Waals surface area contributed by atoms with Crippen LogP contribution in [0.5, 0.6) is 0 Å². The predicted molar refractivity (Wildman–Crippen MR) is 73.6 cm³/mol. The molecule has 1 heterocycles. The Morgan fingerprint density at radius 3 is 2.45 bits per heavy atom. The van der Waals surface area contributed by atoms with E-state index in [1.165, 1.54) is 11.9 Å². The summed E-state index contributed by atoms with van der Waals surface area (Å²) in [5.41, 5.74) is -1.84. The van der Waals surface area contributed by atoms with Gasteiger partial charge in [-0.15, -0.1) is 0 Å². The van der Waals surface area contributed by atoms with Crippen LogP contribution in [0.15, 0.2) is 18.2 Å². The third-order valence-electron chi connectivity index (χ3n) is 3.64. The molecule has 1 fully saturated rings.